The molecule has 0 unspecified atom stereocenters. The number of carbonyl (C=O) groups is 1. The Bertz CT molecular complexity index is 630. The molecule has 3 N–H and O–H groups in total. The highest BCUT2D eigenvalue weighted by Crippen LogP contribution is 2.30. The minimum Gasteiger partial charge on any atom is -0.619 e. The molecule has 0 atom stereocenters. The van der Waals surface area contributed by atoms with Gasteiger partial charge in [0.05, 0.1) is 27.0 Å². The van der Waals surface area contributed by atoms with Gasteiger partial charge in [-0.25, -0.2) is 0 Å². The summed E-state index contributed by atoms with van der Waals surface area (Å²) in [6.45, 7) is 0. The highest BCUT2D eigenvalue weighted by molar-refractivity contribution is 6.42. The number of benzene rings is 1. The maximum atomic E-state index is 11.9. The molecule has 19 heavy (non-hydrogen) atoms. The SMILES string of the molecule is Nc1cc(Cl)c(Cl)cc1NC(=O)c1cc[n+]([O-])cc1. The first kappa shape index (κ1) is 13.5. The molecular weight excluding hydrogens is 289 g/mol. The summed E-state index contributed by atoms with van der Waals surface area (Å²) in [4.78, 5) is 11.9. The van der Waals surface area contributed by atoms with Crippen molar-refractivity contribution in [2.45, 2.75) is 0 Å². The van der Waals surface area contributed by atoms with Crippen molar-refractivity contribution in [3.8, 4) is 0 Å². The lowest BCUT2D eigenvalue weighted by molar-refractivity contribution is -0.605. The van der Waals surface area contributed by atoms with Gasteiger partial charge in [-0.05, 0) is 12.1 Å². The predicted octanol–water partition coefficient (Wildman–Crippen LogP) is 2.46. The zero-order valence-corrected chi connectivity index (χ0v) is 11.1. The number of hydrogen-bond donors (Lipinski definition) is 2. The van der Waals surface area contributed by atoms with Crippen molar-refractivity contribution in [2.75, 3.05) is 11.1 Å². The molecule has 0 fully saturated rings. The second-order valence-electron chi connectivity index (χ2n) is 3.75. The lowest BCUT2D eigenvalue weighted by Crippen LogP contribution is -2.25. The van der Waals surface area contributed by atoms with Crippen molar-refractivity contribution >= 4 is 40.5 Å². The number of rotatable bonds is 2. The van der Waals surface area contributed by atoms with Gasteiger partial charge in [0.25, 0.3) is 5.91 Å². The molecule has 1 aromatic heterocycles. The van der Waals surface area contributed by atoms with E-state index >= 15 is 0 Å². The molecule has 1 aromatic carbocycles. The number of aromatic nitrogens is 1. The van der Waals surface area contributed by atoms with Crippen LogP contribution in [0, 0.1) is 5.21 Å². The molecule has 1 heterocycles. The first-order valence-corrected chi connectivity index (χ1v) is 5.97. The number of nitrogens with zero attached hydrogens (tertiary/aromatic N) is 1. The summed E-state index contributed by atoms with van der Waals surface area (Å²) >= 11 is 11.6. The van der Waals surface area contributed by atoms with Crippen LogP contribution in [0.25, 0.3) is 0 Å². The second kappa shape index (κ2) is 5.34. The van der Waals surface area contributed by atoms with Crippen LogP contribution in [0.5, 0.6) is 0 Å². The summed E-state index contributed by atoms with van der Waals surface area (Å²) in [6, 6.07) is 5.72. The van der Waals surface area contributed by atoms with E-state index in [4.69, 9.17) is 28.9 Å². The van der Waals surface area contributed by atoms with Crippen LogP contribution in [-0.4, -0.2) is 5.91 Å². The third-order valence-electron chi connectivity index (χ3n) is 2.40. The Morgan fingerprint density at radius 1 is 1.21 bits per heavy atom. The molecule has 0 spiro atoms. The van der Waals surface area contributed by atoms with Gasteiger partial charge in [-0.1, -0.05) is 23.2 Å². The average molecular weight is 298 g/mol. The molecule has 0 aliphatic rings. The maximum Gasteiger partial charge on any atom is 0.256 e. The van der Waals surface area contributed by atoms with E-state index in [0.29, 0.717) is 26.7 Å². The van der Waals surface area contributed by atoms with E-state index in [0.717, 1.165) is 0 Å². The van der Waals surface area contributed by atoms with E-state index in [1.165, 1.54) is 36.7 Å². The lowest BCUT2D eigenvalue weighted by atomic mass is 10.2. The van der Waals surface area contributed by atoms with Crippen LogP contribution in [0.15, 0.2) is 36.7 Å². The molecule has 0 bridgehead atoms. The molecule has 0 aliphatic carbocycles. The fraction of sp³-hybridized carbons (Fsp3) is 0. The summed E-state index contributed by atoms with van der Waals surface area (Å²) < 4.78 is 0.588. The number of nitrogens with one attached hydrogen (secondary N) is 1. The van der Waals surface area contributed by atoms with Crippen molar-refractivity contribution in [1.29, 1.82) is 0 Å². The topological polar surface area (TPSA) is 82.1 Å². The molecule has 2 rings (SSSR count). The molecule has 0 saturated carbocycles. The molecule has 0 radical (unpaired) electrons. The van der Waals surface area contributed by atoms with Gasteiger partial charge in [0.1, 0.15) is 0 Å². The smallest absolute Gasteiger partial charge is 0.256 e. The Balaban J connectivity index is 2.24. The Kier molecular flexibility index (Phi) is 3.78. The standard InChI is InChI=1S/C12H9Cl2N3O2/c13-8-5-10(15)11(6-9(8)14)16-12(18)7-1-3-17(19)4-2-7/h1-6H,15H2,(H,16,18). The number of nitrogen functional groups attached to an aromatic ring is 1. The van der Waals surface area contributed by atoms with Crippen LogP contribution in [0.2, 0.25) is 10.0 Å². The van der Waals surface area contributed by atoms with Crippen LogP contribution >= 0.6 is 23.2 Å². The Morgan fingerprint density at radius 2 is 1.79 bits per heavy atom. The van der Waals surface area contributed by atoms with E-state index < -0.39 is 5.91 Å². The third kappa shape index (κ3) is 3.07. The first-order chi connectivity index (χ1) is 8.97. The van der Waals surface area contributed by atoms with Gasteiger partial charge in [-0.2, -0.15) is 4.73 Å². The van der Waals surface area contributed by atoms with Gasteiger partial charge in [-0.15, -0.1) is 0 Å². The molecule has 1 amide bonds. The number of halogens is 2. The van der Waals surface area contributed by atoms with E-state index in [-0.39, 0.29) is 5.02 Å². The van der Waals surface area contributed by atoms with Crippen LogP contribution in [0.4, 0.5) is 11.4 Å². The minimum absolute atomic E-state index is 0.289. The largest absolute Gasteiger partial charge is 0.619 e. The van der Waals surface area contributed by atoms with Crippen LogP contribution < -0.4 is 15.8 Å². The molecule has 7 heteroatoms. The number of amides is 1. The zero-order valence-electron chi connectivity index (χ0n) is 9.56. The molecule has 5 nitrogen and oxygen atoms in total. The fourth-order valence-corrected chi connectivity index (χ4v) is 1.76. The first-order valence-electron chi connectivity index (χ1n) is 5.22. The second-order valence-corrected chi connectivity index (χ2v) is 4.57. The average Bonchev–Trinajstić information content (AvgIpc) is 2.36. The van der Waals surface area contributed by atoms with Gasteiger partial charge in [0.15, 0.2) is 12.4 Å². The quantitative estimate of drug-likeness (QED) is 0.507. The number of nitrogens with two attached hydrogens (primary N) is 1. The summed E-state index contributed by atoms with van der Waals surface area (Å²) in [6.07, 6.45) is 2.46. The lowest BCUT2D eigenvalue weighted by Gasteiger charge is -2.09. The Labute approximate surface area is 119 Å². The maximum absolute atomic E-state index is 11.9. The highest BCUT2D eigenvalue weighted by Gasteiger charge is 2.11. The van der Waals surface area contributed by atoms with Gasteiger partial charge in [0, 0.05) is 12.1 Å². The van der Waals surface area contributed by atoms with Crippen molar-refractivity contribution in [3.63, 3.8) is 0 Å². The number of anilines is 2. The monoisotopic (exact) mass is 297 g/mol. The van der Waals surface area contributed by atoms with Crippen LogP contribution in [0.1, 0.15) is 10.4 Å². The number of hydrogen-bond acceptors (Lipinski definition) is 3. The molecular formula is C12H9Cl2N3O2. The van der Waals surface area contributed by atoms with Gasteiger partial charge in [-0.3, -0.25) is 4.79 Å². The van der Waals surface area contributed by atoms with Gasteiger partial charge < -0.3 is 16.3 Å². The molecule has 0 aliphatic heterocycles. The van der Waals surface area contributed by atoms with Crippen molar-refractivity contribution in [2.24, 2.45) is 0 Å². The van der Waals surface area contributed by atoms with Gasteiger partial charge in [0.2, 0.25) is 0 Å². The van der Waals surface area contributed by atoms with Crippen molar-refractivity contribution < 1.29 is 9.52 Å². The van der Waals surface area contributed by atoms with Crippen molar-refractivity contribution in [3.05, 3.63) is 57.5 Å². The number of carbonyl (C=O) groups excluding carboxylic acids is 1. The summed E-state index contributed by atoms with van der Waals surface area (Å²) in [5.74, 6) is -0.398. The Morgan fingerprint density at radius 3 is 2.42 bits per heavy atom. The normalized spacial score (nSPS) is 10.2. The third-order valence-corrected chi connectivity index (χ3v) is 3.13. The van der Waals surface area contributed by atoms with Crippen molar-refractivity contribution in [1.82, 2.24) is 0 Å². The van der Waals surface area contributed by atoms with E-state index in [1.54, 1.807) is 0 Å². The van der Waals surface area contributed by atoms with Gasteiger partial charge >= 0.3 is 0 Å². The molecule has 98 valence electrons. The summed E-state index contributed by atoms with van der Waals surface area (Å²) in [5.41, 5.74) is 6.72. The summed E-state index contributed by atoms with van der Waals surface area (Å²) in [5, 5.41) is 14.1. The van der Waals surface area contributed by atoms with Crippen LogP contribution in [-0.2, 0) is 0 Å². The van der Waals surface area contributed by atoms with E-state index in [9.17, 15) is 10.0 Å². The Hall–Kier alpha value is -1.98. The summed E-state index contributed by atoms with van der Waals surface area (Å²) in [7, 11) is 0. The van der Waals surface area contributed by atoms with Crippen LogP contribution in [0.3, 0.4) is 0 Å². The van der Waals surface area contributed by atoms with E-state index in [2.05, 4.69) is 5.32 Å². The molecule has 2 aromatic rings. The fourth-order valence-electron chi connectivity index (χ4n) is 1.43. The minimum atomic E-state index is -0.398. The van der Waals surface area contributed by atoms with E-state index in [1.807, 2.05) is 0 Å². The number of pyridine rings is 1. The zero-order chi connectivity index (χ0) is 14.0. The predicted molar refractivity (Wildman–Crippen MR) is 74.2 cm³/mol. The molecule has 0 saturated heterocycles. The highest BCUT2D eigenvalue weighted by atomic mass is 35.5.